The average molecular weight is 272 g/mol. The molecule has 2 rings (SSSR count). The van der Waals surface area contributed by atoms with Gasteiger partial charge in [0.25, 0.3) is 0 Å². The van der Waals surface area contributed by atoms with E-state index in [0.717, 1.165) is 28.9 Å². The number of hydrogen-bond donors (Lipinski definition) is 1. The molecule has 0 radical (unpaired) electrons. The van der Waals surface area contributed by atoms with Crippen LogP contribution in [0.1, 0.15) is 41.2 Å². The van der Waals surface area contributed by atoms with Crippen molar-refractivity contribution in [3.05, 3.63) is 46.8 Å². The topological polar surface area (TPSA) is 55.1 Å². The van der Waals surface area contributed by atoms with Crippen molar-refractivity contribution in [1.82, 2.24) is 9.78 Å². The zero-order chi connectivity index (χ0) is 14.9. The summed E-state index contributed by atoms with van der Waals surface area (Å²) in [5.74, 6) is -0.545. The highest BCUT2D eigenvalue weighted by Gasteiger charge is 2.17. The van der Waals surface area contributed by atoms with Crippen molar-refractivity contribution >= 4 is 5.97 Å². The van der Waals surface area contributed by atoms with Crippen LogP contribution < -0.4 is 0 Å². The predicted octanol–water partition coefficient (Wildman–Crippen LogP) is 3.39. The van der Waals surface area contributed by atoms with E-state index in [-0.39, 0.29) is 5.69 Å². The normalized spacial score (nSPS) is 11.1. The lowest BCUT2D eigenvalue weighted by Gasteiger charge is -2.14. The standard InChI is InChI=1S/C16H20N2O2/c1-10(2)8-13-9-14(16(19)20)17-18(13)15-11(3)6-5-7-12(15)4/h5-7,9-10H,8H2,1-4H3,(H,19,20). The number of carboxylic acid groups (broad SMARTS) is 1. The Morgan fingerprint density at radius 2 is 1.90 bits per heavy atom. The van der Waals surface area contributed by atoms with Crippen molar-refractivity contribution in [2.75, 3.05) is 0 Å². The van der Waals surface area contributed by atoms with Gasteiger partial charge >= 0.3 is 5.97 Å². The van der Waals surface area contributed by atoms with Crippen LogP contribution in [0.2, 0.25) is 0 Å². The van der Waals surface area contributed by atoms with E-state index in [0.29, 0.717) is 5.92 Å². The Labute approximate surface area is 119 Å². The van der Waals surface area contributed by atoms with Crippen LogP contribution in [0.15, 0.2) is 24.3 Å². The van der Waals surface area contributed by atoms with Gasteiger partial charge in [0, 0.05) is 5.69 Å². The van der Waals surface area contributed by atoms with E-state index in [1.54, 1.807) is 10.7 Å². The van der Waals surface area contributed by atoms with E-state index in [1.165, 1.54) is 0 Å². The van der Waals surface area contributed by atoms with Gasteiger partial charge in [0.15, 0.2) is 5.69 Å². The molecule has 1 N–H and O–H groups in total. The van der Waals surface area contributed by atoms with Crippen LogP contribution in [0.4, 0.5) is 0 Å². The third-order valence-corrected chi connectivity index (χ3v) is 3.27. The van der Waals surface area contributed by atoms with Crippen molar-refractivity contribution in [2.45, 2.75) is 34.1 Å². The van der Waals surface area contributed by atoms with E-state index in [2.05, 4.69) is 18.9 Å². The second-order valence-electron chi connectivity index (χ2n) is 5.58. The molecule has 0 amide bonds. The lowest BCUT2D eigenvalue weighted by molar-refractivity contribution is 0.0690. The highest BCUT2D eigenvalue weighted by Crippen LogP contribution is 2.22. The van der Waals surface area contributed by atoms with Crippen molar-refractivity contribution in [3.8, 4) is 5.69 Å². The van der Waals surface area contributed by atoms with Gasteiger partial charge in [-0.1, -0.05) is 32.0 Å². The molecule has 0 spiro atoms. The molecule has 0 unspecified atom stereocenters. The molecule has 0 aliphatic carbocycles. The van der Waals surface area contributed by atoms with Crippen molar-refractivity contribution < 1.29 is 9.90 Å². The Balaban J connectivity index is 2.62. The Bertz CT molecular complexity index is 622. The molecule has 1 heterocycles. The largest absolute Gasteiger partial charge is 0.476 e. The Hall–Kier alpha value is -2.10. The molecule has 0 aliphatic heterocycles. The summed E-state index contributed by atoms with van der Waals surface area (Å²) in [4.78, 5) is 11.2. The summed E-state index contributed by atoms with van der Waals surface area (Å²) in [6.45, 7) is 8.26. The van der Waals surface area contributed by atoms with Gasteiger partial charge in [0.2, 0.25) is 0 Å². The van der Waals surface area contributed by atoms with Crippen LogP contribution in [0.5, 0.6) is 0 Å². The third kappa shape index (κ3) is 2.74. The fraction of sp³-hybridized carbons (Fsp3) is 0.375. The molecule has 4 nitrogen and oxygen atoms in total. The van der Waals surface area contributed by atoms with E-state index in [9.17, 15) is 4.79 Å². The second kappa shape index (κ2) is 5.49. The SMILES string of the molecule is Cc1cccc(C)c1-n1nc(C(=O)O)cc1CC(C)C. The number of carbonyl (C=O) groups is 1. The molecule has 1 aromatic heterocycles. The Morgan fingerprint density at radius 1 is 1.30 bits per heavy atom. The monoisotopic (exact) mass is 272 g/mol. The van der Waals surface area contributed by atoms with Gasteiger partial charge in [-0.15, -0.1) is 0 Å². The summed E-state index contributed by atoms with van der Waals surface area (Å²) in [6.07, 6.45) is 0.800. The molecule has 0 aliphatic rings. The maximum atomic E-state index is 11.2. The van der Waals surface area contributed by atoms with Gasteiger partial charge in [-0.25, -0.2) is 9.48 Å². The lowest BCUT2D eigenvalue weighted by atomic mass is 10.1. The first-order valence-electron chi connectivity index (χ1n) is 6.79. The molecule has 0 saturated heterocycles. The zero-order valence-corrected chi connectivity index (χ0v) is 12.3. The van der Waals surface area contributed by atoms with Crippen LogP contribution in [-0.4, -0.2) is 20.9 Å². The summed E-state index contributed by atoms with van der Waals surface area (Å²) in [7, 11) is 0. The molecule has 4 heteroatoms. The number of aromatic nitrogens is 2. The van der Waals surface area contributed by atoms with E-state index >= 15 is 0 Å². The number of benzene rings is 1. The van der Waals surface area contributed by atoms with E-state index < -0.39 is 5.97 Å². The lowest BCUT2D eigenvalue weighted by Crippen LogP contribution is -2.09. The molecular formula is C16H20N2O2. The first-order chi connectivity index (χ1) is 9.40. The minimum atomic E-state index is -0.986. The van der Waals surface area contributed by atoms with Gasteiger partial charge < -0.3 is 5.11 Å². The van der Waals surface area contributed by atoms with Crippen molar-refractivity contribution in [3.63, 3.8) is 0 Å². The highest BCUT2D eigenvalue weighted by atomic mass is 16.4. The van der Waals surface area contributed by atoms with Gasteiger partial charge in [-0.2, -0.15) is 5.10 Å². The van der Waals surface area contributed by atoms with Crippen LogP contribution >= 0.6 is 0 Å². The second-order valence-corrected chi connectivity index (χ2v) is 5.58. The molecule has 1 aromatic carbocycles. The van der Waals surface area contributed by atoms with Gasteiger partial charge in [-0.3, -0.25) is 0 Å². The summed E-state index contributed by atoms with van der Waals surface area (Å²) < 4.78 is 1.79. The fourth-order valence-corrected chi connectivity index (χ4v) is 2.42. The van der Waals surface area contributed by atoms with Crippen LogP contribution in [0.25, 0.3) is 5.69 Å². The summed E-state index contributed by atoms with van der Waals surface area (Å²) in [5, 5.41) is 13.4. The maximum Gasteiger partial charge on any atom is 0.356 e. The fourth-order valence-electron chi connectivity index (χ4n) is 2.42. The average Bonchev–Trinajstić information content (AvgIpc) is 2.72. The van der Waals surface area contributed by atoms with Crippen molar-refractivity contribution in [1.29, 1.82) is 0 Å². The molecule has 20 heavy (non-hydrogen) atoms. The zero-order valence-electron chi connectivity index (χ0n) is 12.3. The molecule has 106 valence electrons. The molecule has 2 aromatic rings. The number of nitrogens with zero attached hydrogens (tertiary/aromatic N) is 2. The van der Waals surface area contributed by atoms with Crippen molar-refractivity contribution in [2.24, 2.45) is 5.92 Å². The molecule has 0 fully saturated rings. The first kappa shape index (κ1) is 14.3. The maximum absolute atomic E-state index is 11.2. The number of hydrogen-bond acceptors (Lipinski definition) is 2. The van der Waals surface area contributed by atoms with Crippen LogP contribution in [0, 0.1) is 19.8 Å². The number of aromatic carboxylic acids is 1. The predicted molar refractivity (Wildman–Crippen MR) is 78.5 cm³/mol. The van der Waals surface area contributed by atoms with Crippen LogP contribution in [0.3, 0.4) is 0 Å². The smallest absolute Gasteiger partial charge is 0.356 e. The minimum Gasteiger partial charge on any atom is -0.476 e. The van der Waals surface area contributed by atoms with Crippen LogP contribution in [-0.2, 0) is 6.42 Å². The summed E-state index contributed by atoms with van der Waals surface area (Å²) in [6, 6.07) is 7.71. The molecule has 0 saturated carbocycles. The van der Waals surface area contributed by atoms with E-state index in [1.807, 2.05) is 32.0 Å². The Morgan fingerprint density at radius 3 is 2.40 bits per heavy atom. The number of rotatable bonds is 4. The van der Waals surface area contributed by atoms with Gasteiger partial charge in [0.1, 0.15) is 0 Å². The van der Waals surface area contributed by atoms with E-state index in [4.69, 9.17) is 5.11 Å². The first-order valence-corrected chi connectivity index (χ1v) is 6.79. The third-order valence-electron chi connectivity index (χ3n) is 3.27. The number of aryl methyl sites for hydroxylation is 2. The summed E-state index contributed by atoms with van der Waals surface area (Å²) in [5.41, 5.74) is 4.21. The Kier molecular flexibility index (Phi) is 3.93. The number of carboxylic acids is 1. The molecule has 0 bridgehead atoms. The minimum absolute atomic E-state index is 0.100. The molecular weight excluding hydrogens is 252 g/mol. The summed E-state index contributed by atoms with van der Waals surface area (Å²) >= 11 is 0. The quantitative estimate of drug-likeness (QED) is 0.928. The van der Waals surface area contributed by atoms with Gasteiger partial charge in [0.05, 0.1) is 5.69 Å². The van der Waals surface area contributed by atoms with Gasteiger partial charge in [-0.05, 0) is 43.4 Å². The number of para-hydroxylation sites is 1. The highest BCUT2D eigenvalue weighted by molar-refractivity contribution is 5.85. The molecule has 0 atom stereocenters.